The molecule has 0 aliphatic rings. The third kappa shape index (κ3) is 3.67. The number of carbonyl (C=O) groups excluding carboxylic acids is 1. The first-order valence-electron chi connectivity index (χ1n) is 6.43. The Morgan fingerprint density at radius 2 is 1.95 bits per heavy atom. The smallest absolute Gasteiger partial charge is 0.255 e. The van der Waals surface area contributed by atoms with Crippen LogP contribution in [0.2, 0.25) is 5.02 Å². The van der Waals surface area contributed by atoms with Crippen LogP contribution >= 0.6 is 11.6 Å². The molecule has 2 rings (SSSR count). The minimum atomic E-state index is -0.0861. The second kappa shape index (κ2) is 6.50. The van der Waals surface area contributed by atoms with Crippen molar-refractivity contribution in [3.05, 3.63) is 53.1 Å². The summed E-state index contributed by atoms with van der Waals surface area (Å²) in [4.78, 5) is 13.7. The van der Waals surface area contributed by atoms with Gasteiger partial charge in [-0.25, -0.2) is 0 Å². The molecule has 5 heteroatoms. The van der Waals surface area contributed by atoms with Crippen LogP contribution in [0.1, 0.15) is 10.4 Å². The van der Waals surface area contributed by atoms with Crippen molar-refractivity contribution in [2.24, 2.45) is 0 Å². The van der Waals surface area contributed by atoms with Crippen molar-refractivity contribution in [1.82, 2.24) is 4.90 Å². The van der Waals surface area contributed by atoms with Crippen LogP contribution in [0.15, 0.2) is 42.5 Å². The molecule has 0 aromatic heterocycles. The summed E-state index contributed by atoms with van der Waals surface area (Å²) in [5.41, 5.74) is 2.05. The summed E-state index contributed by atoms with van der Waals surface area (Å²) >= 11 is 6.04. The molecule has 0 spiro atoms. The molecule has 0 aliphatic heterocycles. The van der Waals surface area contributed by atoms with Crippen LogP contribution in [0.4, 0.5) is 11.4 Å². The van der Waals surface area contributed by atoms with E-state index in [1.807, 2.05) is 24.3 Å². The number of rotatable bonds is 4. The number of carbonyl (C=O) groups is 1. The summed E-state index contributed by atoms with van der Waals surface area (Å²) in [6, 6.07) is 12.6. The predicted octanol–water partition coefficient (Wildman–Crippen LogP) is 3.79. The Hall–Kier alpha value is -2.20. The summed E-state index contributed by atoms with van der Waals surface area (Å²) in [7, 11) is 5.04. The molecule has 0 radical (unpaired) electrons. The lowest BCUT2D eigenvalue weighted by atomic mass is 10.1. The number of methoxy groups -OCH3 is 1. The predicted molar refractivity (Wildman–Crippen MR) is 85.7 cm³/mol. The molecule has 0 fully saturated rings. The molecule has 1 amide bonds. The lowest BCUT2D eigenvalue weighted by Gasteiger charge is -2.16. The van der Waals surface area contributed by atoms with Crippen molar-refractivity contribution in [3.8, 4) is 5.75 Å². The van der Waals surface area contributed by atoms with Crippen LogP contribution in [0, 0.1) is 0 Å². The second-order valence-corrected chi connectivity index (χ2v) is 5.18. The minimum Gasteiger partial charge on any atom is -0.497 e. The van der Waals surface area contributed by atoms with E-state index in [0.29, 0.717) is 16.3 Å². The molecular weight excluding hydrogens is 288 g/mol. The van der Waals surface area contributed by atoms with Crippen LogP contribution in [0.5, 0.6) is 5.75 Å². The number of nitrogens with one attached hydrogen (secondary N) is 1. The largest absolute Gasteiger partial charge is 0.497 e. The fourth-order valence-corrected chi connectivity index (χ4v) is 2.08. The van der Waals surface area contributed by atoms with Gasteiger partial charge in [-0.3, -0.25) is 4.79 Å². The Labute approximate surface area is 129 Å². The van der Waals surface area contributed by atoms with Crippen LogP contribution in [-0.4, -0.2) is 32.0 Å². The SMILES string of the molecule is COc1cccc(Nc2cc(Cl)ccc2C(=O)N(C)C)c1. The molecule has 0 heterocycles. The monoisotopic (exact) mass is 304 g/mol. The van der Waals surface area contributed by atoms with E-state index in [1.54, 1.807) is 39.4 Å². The molecule has 0 saturated heterocycles. The van der Waals surface area contributed by atoms with Gasteiger partial charge in [0.2, 0.25) is 0 Å². The standard InChI is InChI=1S/C16H17ClN2O2/c1-19(2)16(20)14-8-7-11(17)9-15(14)18-12-5-4-6-13(10-12)21-3/h4-10,18H,1-3H3. The van der Waals surface area contributed by atoms with Gasteiger partial charge in [-0.1, -0.05) is 17.7 Å². The highest BCUT2D eigenvalue weighted by atomic mass is 35.5. The fourth-order valence-electron chi connectivity index (χ4n) is 1.90. The van der Waals surface area contributed by atoms with E-state index in [1.165, 1.54) is 4.90 Å². The average Bonchev–Trinajstić information content (AvgIpc) is 2.47. The number of hydrogen-bond donors (Lipinski definition) is 1. The first-order valence-corrected chi connectivity index (χ1v) is 6.81. The number of nitrogens with zero attached hydrogens (tertiary/aromatic N) is 1. The summed E-state index contributed by atoms with van der Waals surface area (Å²) in [6.45, 7) is 0. The first-order chi connectivity index (χ1) is 10.0. The van der Waals surface area contributed by atoms with Crippen molar-refractivity contribution in [2.45, 2.75) is 0 Å². The summed E-state index contributed by atoms with van der Waals surface area (Å²) in [5, 5.41) is 3.78. The van der Waals surface area contributed by atoms with Crippen LogP contribution in [0.25, 0.3) is 0 Å². The average molecular weight is 305 g/mol. The van der Waals surface area contributed by atoms with E-state index >= 15 is 0 Å². The van der Waals surface area contributed by atoms with Crippen molar-refractivity contribution >= 4 is 28.9 Å². The van der Waals surface area contributed by atoms with E-state index in [9.17, 15) is 4.79 Å². The molecule has 21 heavy (non-hydrogen) atoms. The van der Waals surface area contributed by atoms with Crippen LogP contribution in [0.3, 0.4) is 0 Å². The van der Waals surface area contributed by atoms with E-state index in [0.717, 1.165) is 11.4 Å². The zero-order valence-corrected chi connectivity index (χ0v) is 12.9. The molecule has 110 valence electrons. The lowest BCUT2D eigenvalue weighted by Crippen LogP contribution is -2.22. The highest BCUT2D eigenvalue weighted by Gasteiger charge is 2.14. The number of anilines is 2. The molecule has 0 saturated carbocycles. The molecule has 0 atom stereocenters. The summed E-state index contributed by atoms with van der Waals surface area (Å²) < 4.78 is 5.19. The van der Waals surface area contributed by atoms with Gasteiger partial charge in [0.05, 0.1) is 18.4 Å². The van der Waals surface area contributed by atoms with Crippen molar-refractivity contribution in [3.63, 3.8) is 0 Å². The topological polar surface area (TPSA) is 41.6 Å². The Bertz CT molecular complexity index is 656. The maximum atomic E-state index is 12.2. The Morgan fingerprint density at radius 1 is 1.19 bits per heavy atom. The van der Waals surface area contributed by atoms with E-state index in [2.05, 4.69) is 5.32 Å². The van der Waals surface area contributed by atoms with Gasteiger partial charge >= 0.3 is 0 Å². The molecule has 2 aromatic rings. The van der Waals surface area contributed by atoms with Gasteiger partial charge in [0.1, 0.15) is 5.75 Å². The number of halogens is 1. The summed E-state index contributed by atoms with van der Waals surface area (Å²) in [5.74, 6) is 0.652. The molecule has 0 aliphatic carbocycles. The molecule has 0 bridgehead atoms. The van der Waals surface area contributed by atoms with Gasteiger partial charge in [-0.2, -0.15) is 0 Å². The third-order valence-corrected chi connectivity index (χ3v) is 3.20. The Kier molecular flexibility index (Phi) is 4.70. The number of ether oxygens (including phenoxy) is 1. The van der Waals surface area contributed by atoms with Crippen LogP contribution in [-0.2, 0) is 0 Å². The highest BCUT2D eigenvalue weighted by Crippen LogP contribution is 2.27. The first kappa shape index (κ1) is 15.2. The number of benzene rings is 2. The lowest BCUT2D eigenvalue weighted by molar-refractivity contribution is 0.0828. The van der Waals surface area contributed by atoms with Crippen molar-refractivity contribution in [1.29, 1.82) is 0 Å². The minimum absolute atomic E-state index is 0.0861. The fraction of sp³-hybridized carbons (Fsp3) is 0.188. The quantitative estimate of drug-likeness (QED) is 0.934. The van der Waals surface area contributed by atoms with Gasteiger partial charge in [0.25, 0.3) is 5.91 Å². The maximum absolute atomic E-state index is 12.2. The summed E-state index contributed by atoms with van der Waals surface area (Å²) in [6.07, 6.45) is 0. The van der Waals surface area contributed by atoms with Crippen molar-refractivity contribution < 1.29 is 9.53 Å². The normalized spacial score (nSPS) is 10.1. The zero-order chi connectivity index (χ0) is 15.4. The highest BCUT2D eigenvalue weighted by molar-refractivity contribution is 6.31. The van der Waals surface area contributed by atoms with Gasteiger partial charge in [0.15, 0.2) is 0 Å². The molecule has 2 aromatic carbocycles. The molecule has 1 N–H and O–H groups in total. The second-order valence-electron chi connectivity index (χ2n) is 4.75. The van der Waals surface area contributed by atoms with E-state index in [4.69, 9.17) is 16.3 Å². The van der Waals surface area contributed by atoms with Gasteiger partial charge in [-0.05, 0) is 30.3 Å². The Balaban J connectivity index is 2.38. The zero-order valence-electron chi connectivity index (χ0n) is 12.2. The van der Waals surface area contributed by atoms with E-state index in [-0.39, 0.29) is 5.91 Å². The van der Waals surface area contributed by atoms with Crippen LogP contribution < -0.4 is 10.1 Å². The third-order valence-electron chi connectivity index (χ3n) is 2.97. The van der Waals surface area contributed by atoms with Gasteiger partial charge in [0, 0.05) is 30.9 Å². The molecular formula is C16H17ClN2O2. The van der Waals surface area contributed by atoms with Gasteiger partial charge < -0.3 is 15.0 Å². The van der Waals surface area contributed by atoms with Crippen molar-refractivity contribution in [2.75, 3.05) is 26.5 Å². The Morgan fingerprint density at radius 3 is 2.62 bits per heavy atom. The van der Waals surface area contributed by atoms with E-state index < -0.39 is 0 Å². The van der Waals surface area contributed by atoms with Gasteiger partial charge in [-0.15, -0.1) is 0 Å². The number of hydrogen-bond acceptors (Lipinski definition) is 3. The molecule has 4 nitrogen and oxygen atoms in total. The maximum Gasteiger partial charge on any atom is 0.255 e. The molecule has 0 unspecified atom stereocenters. The number of amides is 1.